The molecule has 6 rings (SSSR count). The Morgan fingerprint density at radius 1 is 0.517 bits per heavy atom. The largest absolute Gasteiger partial charge is 0.488 e. The van der Waals surface area contributed by atoms with Crippen molar-refractivity contribution in [2.75, 3.05) is 0 Å². The molecule has 4 aromatic carbocycles. The first-order valence-electron chi connectivity index (χ1n) is 9.41. The maximum Gasteiger partial charge on any atom is 0.488 e. The zero-order valence-corrected chi connectivity index (χ0v) is 15.3. The molecular formula is C24H15BO4. The minimum Gasteiger partial charge on any atom is -0.456 e. The van der Waals surface area contributed by atoms with Gasteiger partial charge in [0.2, 0.25) is 0 Å². The Morgan fingerprint density at radius 2 is 1.10 bits per heavy atom. The summed E-state index contributed by atoms with van der Waals surface area (Å²) in [5.41, 5.74) is 5.75. The highest BCUT2D eigenvalue weighted by atomic mass is 16.4. The van der Waals surface area contributed by atoms with Crippen molar-refractivity contribution in [3.05, 3.63) is 78.9 Å². The molecule has 6 aromatic rings. The van der Waals surface area contributed by atoms with Crippen molar-refractivity contribution in [1.82, 2.24) is 0 Å². The number of benzene rings is 4. The van der Waals surface area contributed by atoms with Crippen molar-refractivity contribution in [2.45, 2.75) is 0 Å². The maximum absolute atomic E-state index is 9.49. The molecule has 0 bridgehead atoms. The van der Waals surface area contributed by atoms with E-state index in [9.17, 15) is 10.0 Å². The van der Waals surface area contributed by atoms with Gasteiger partial charge in [0.1, 0.15) is 22.3 Å². The number of rotatable bonds is 2. The number of fused-ring (bicyclic) bond motifs is 6. The summed E-state index contributed by atoms with van der Waals surface area (Å²) in [6, 6.07) is 25.6. The van der Waals surface area contributed by atoms with Crippen LogP contribution in [-0.4, -0.2) is 17.2 Å². The third-order valence-electron chi connectivity index (χ3n) is 5.49. The van der Waals surface area contributed by atoms with Crippen LogP contribution in [0.1, 0.15) is 0 Å². The van der Waals surface area contributed by atoms with E-state index >= 15 is 0 Å². The normalized spacial score (nSPS) is 11.8. The van der Waals surface area contributed by atoms with Crippen molar-refractivity contribution in [3.8, 4) is 11.1 Å². The van der Waals surface area contributed by atoms with Gasteiger partial charge >= 0.3 is 7.12 Å². The number of hydrogen-bond acceptors (Lipinski definition) is 4. The maximum atomic E-state index is 9.49. The summed E-state index contributed by atoms with van der Waals surface area (Å²) in [5, 5.41) is 22.7. The van der Waals surface area contributed by atoms with Crippen LogP contribution < -0.4 is 5.46 Å². The third kappa shape index (κ3) is 2.49. The molecule has 0 spiro atoms. The van der Waals surface area contributed by atoms with Crippen LogP contribution in [0.4, 0.5) is 0 Å². The molecule has 0 aliphatic heterocycles. The predicted molar refractivity (Wildman–Crippen MR) is 116 cm³/mol. The van der Waals surface area contributed by atoms with Crippen LogP contribution in [0, 0.1) is 0 Å². The Balaban J connectivity index is 1.62. The van der Waals surface area contributed by atoms with E-state index in [1.54, 1.807) is 18.2 Å². The average Bonchev–Trinajstić information content (AvgIpc) is 3.29. The molecule has 0 atom stereocenters. The molecule has 2 aromatic heterocycles. The zero-order chi connectivity index (χ0) is 19.5. The molecule has 29 heavy (non-hydrogen) atoms. The molecule has 0 aliphatic carbocycles. The molecule has 0 amide bonds. The van der Waals surface area contributed by atoms with E-state index in [2.05, 4.69) is 24.3 Å². The first-order chi connectivity index (χ1) is 14.2. The lowest BCUT2D eigenvalue weighted by molar-refractivity contribution is 0.426. The summed E-state index contributed by atoms with van der Waals surface area (Å²) in [5.74, 6) is 0. The molecule has 0 radical (unpaired) electrons. The van der Waals surface area contributed by atoms with Gasteiger partial charge in [0, 0.05) is 21.5 Å². The van der Waals surface area contributed by atoms with E-state index in [-0.39, 0.29) is 0 Å². The Bertz CT molecular complexity index is 1530. The van der Waals surface area contributed by atoms with Crippen molar-refractivity contribution < 1.29 is 18.9 Å². The highest BCUT2D eigenvalue weighted by Gasteiger charge is 2.17. The van der Waals surface area contributed by atoms with Crippen LogP contribution in [0.25, 0.3) is 55.0 Å². The Morgan fingerprint density at radius 3 is 1.76 bits per heavy atom. The second kappa shape index (κ2) is 5.98. The van der Waals surface area contributed by atoms with E-state index < -0.39 is 7.12 Å². The lowest BCUT2D eigenvalue weighted by Crippen LogP contribution is -2.29. The van der Waals surface area contributed by atoms with E-state index in [0.29, 0.717) is 11.0 Å². The molecule has 138 valence electrons. The summed E-state index contributed by atoms with van der Waals surface area (Å²) in [4.78, 5) is 0. The first-order valence-corrected chi connectivity index (χ1v) is 9.41. The summed E-state index contributed by atoms with van der Waals surface area (Å²) in [6.07, 6.45) is 0. The van der Waals surface area contributed by atoms with Gasteiger partial charge in [-0.05, 0) is 46.9 Å². The minimum absolute atomic E-state index is 0.428. The SMILES string of the molecule is OB(O)c1ccc2oc3cc4c(cc3c2c1)oc1ccc(-c2ccccc2)cc14. The van der Waals surface area contributed by atoms with Crippen molar-refractivity contribution in [3.63, 3.8) is 0 Å². The van der Waals surface area contributed by atoms with Gasteiger partial charge in [-0.1, -0.05) is 48.5 Å². The molecule has 5 heteroatoms. The average molecular weight is 378 g/mol. The highest BCUT2D eigenvalue weighted by molar-refractivity contribution is 6.59. The van der Waals surface area contributed by atoms with Gasteiger partial charge in [-0.3, -0.25) is 0 Å². The van der Waals surface area contributed by atoms with Crippen LogP contribution in [0.5, 0.6) is 0 Å². The lowest BCUT2D eigenvalue weighted by atomic mass is 9.80. The summed E-state index contributed by atoms with van der Waals surface area (Å²) in [7, 11) is -1.52. The van der Waals surface area contributed by atoms with E-state index in [1.165, 1.54) is 0 Å². The second-order valence-corrected chi connectivity index (χ2v) is 7.25. The van der Waals surface area contributed by atoms with Crippen LogP contribution in [-0.2, 0) is 0 Å². The molecule has 0 unspecified atom stereocenters. The molecule has 0 saturated carbocycles. The Kier molecular flexibility index (Phi) is 3.39. The quantitative estimate of drug-likeness (QED) is 0.424. The lowest BCUT2D eigenvalue weighted by Gasteiger charge is -2.01. The molecular weight excluding hydrogens is 363 g/mol. The molecule has 2 N–H and O–H groups in total. The Labute approximate surface area is 165 Å². The van der Waals surface area contributed by atoms with E-state index in [1.807, 2.05) is 36.4 Å². The zero-order valence-electron chi connectivity index (χ0n) is 15.3. The van der Waals surface area contributed by atoms with Gasteiger partial charge in [-0.25, -0.2) is 0 Å². The van der Waals surface area contributed by atoms with Crippen molar-refractivity contribution >= 4 is 56.5 Å². The van der Waals surface area contributed by atoms with Gasteiger partial charge in [0.05, 0.1) is 0 Å². The fraction of sp³-hybridized carbons (Fsp3) is 0. The van der Waals surface area contributed by atoms with Gasteiger partial charge in [0.15, 0.2) is 0 Å². The standard InChI is InChI=1S/C24H15BO4/c26-25(27)16-7-9-22-18(11-16)20-13-23-19(12-24(20)29-22)17-10-15(6-8-21(17)28-23)14-4-2-1-3-5-14/h1-13,26-27H. The summed E-state index contributed by atoms with van der Waals surface area (Å²) in [6.45, 7) is 0. The Hall–Kier alpha value is -3.54. The summed E-state index contributed by atoms with van der Waals surface area (Å²) >= 11 is 0. The van der Waals surface area contributed by atoms with Gasteiger partial charge in [0.25, 0.3) is 0 Å². The smallest absolute Gasteiger partial charge is 0.456 e. The van der Waals surface area contributed by atoms with E-state index in [0.717, 1.165) is 49.4 Å². The van der Waals surface area contributed by atoms with Gasteiger partial charge < -0.3 is 18.9 Å². The number of furan rings is 2. The summed E-state index contributed by atoms with van der Waals surface area (Å²) < 4.78 is 12.1. The molecule has 0 saturated heterocycles. The fourth-order valence-electron chi connectivity index (χ4n) is 4.03. The fourth-order valence-corrected chi connectivity index (χ4v) is 4.03. The van der Waals surface area contributed by atoms with E-state index in [4.69, 9.17) is 8.83 Å². The van der Waals surface area contributed by atoms with Crippen LogP contribution in [0.3, 0.4) is 0 Å². The minimum atomic E-state index is -1.52. The third-order valence-corrected chi connectivity index (χ3v) is 5.49. The molecule has 4 nitrogen and oxygen atoms in total. The van der Waals surface area contributed by atoms with Crippen LogP contribution >= 0.6 is 0 Å². The van der Waals surface area contributed by atoms with Gasteiger partial charge in [-0.2, -0.15) is 0 Å². The second-order valence-electron chi connectivity index (χ2n) is 7.25. The highest BCUT2D eigenvalue weighted by Crippen LogP contribution is 2.37. The first kappa shape index (κ1) is 16.4. The van der Waals surface area contributed by atoms with Crippen molar-refractivity contribution in [2.24, 2.45) is 0 Å². The van der Waals surface area contributed by atoms with Gasteiger partial charge in [-0.15, -0.1) is 0 Å². The monoisotopic (exact) mass is 378 g/mol. The molecule has 2 heterocycles. The van der Waals surface area contributed by atoms with Crippen LogP contribution in [0.15, 0.2) is 87.7 Å². The van der Waals surface area contributed by atoms with Crippen LogP contribution in [0.2, 0.25) is 0 Å². The number of hydrogen-bond donors (Lipinski definition) is 2. The predicted octanol–water partition coefficient (Wildman–Crippen LogP) is 4.83. The van der Waals surface area contributed by atoms with Crippen molar-refractivity contribution in [1.29, 1.82) is 0 Å². The molecule has 0 fully saturated rings. The topological polar surface area (TPSA) is 66.7 Å². The molecule has 0 aliphatic rings.